The van der Waals surface area contributed by atoms with Crippen LogP contribution in [0.4, 0.5) is 5.13 Å². The highest BCUT2D eigenvalue weighted by molar-refractivity contribution is 7.98. The Balaban J connectivity index is 1.58. The van der Waals surface area contributed by atoms with E-state index in [0.29, 0.717) is 12.6 Å². The smallest absolute Gasteiger partial charge is 0.267 e. The minimum atomic E-state index is 0.0356. The van der Waals surface area contributed by atoms with E-state index in [9.17, 15) is 4.79 Å². The number of fused-ring (bicyclic) bond motifs is 1. The third kappa shape index (κ3) is 3.04. The molecule has 1 fully saturated rings. The van der Waals surface area contributed by atoms with Gasteiger partial charge in [-0.15, -0.1) is 11.3 Å². The number of anilines is 1. The molecule has 0 bridgehead atoms. The summed E-state index contributed by atoms with van der Waals surface area (Å²) in [5, 5.41) is 7.82. The molecule has 4 rings (SSSR count). The molecule has 0 amide bonds. The second kappa shape index (κ2) is 6.28. The largest absolute Gasteiger partial charge is 0.343 e. The van der Waals surface area contributed by atoms with E-state index < -0.39 is 0 Å². The van der Waals surface area contributed by atoms with Crippen molar-refractivity contribution in [2.75, 3.05) is 17.2 Å². The molecule has 0 spiro atoms. The highest BCUT2D eigenvalue weighted by Crippen LogP contribution is 2.29. The molecular weight excluding hydrogens is 328 g/mol. The Kier molecular flexibility index (Phi) is 4.15. The summed E-state index contributed by atoms with van der Waals surface area (Å²) < 4.78 is 1.68. The Morgan fingerprint density at radius 3 is 3.17 bits per heavy atom. The maximum absolute atomic E-state index is 12.4. The van der Waals surface area contributed by atoms with Crippen molar-refractivity contribution in [3.63, 3.8) is 0 Å². The molecule has 2 aliphatic heterocycles. The van der Waals surface area contributed by atoms with Gasteiger partial charge in [0.2, 0.25) is 0 Å². The van der Waals surface area contributed by atoms with Crippen molar-refractivity contribution < 1.29 is 0 Å². The fourth-order valence-electron chi connectivity index (χ4n) is 3.33. The maximum atomic E-state index is 12.4. The van der Waals surface area contributed by atoms with Crippen LogP contribution in [0.1, 0.15) is 29.8 Å². The van der Waals surface area contributed by atoms with E-state index in [1.54, 1.807) is 22.1 Å². The Bertz CT molecular complexity index is 770. The minimum Gasteiger partial charge on any atom is -0.343 e. The molecule has 0 aliphatic carbocycles. The molecule has 5 nitrogen and oxygen atoms in total. The van der Waals surface area contributed by atoms with Gasteiger partial charge in [0.25, 0.3) is 5.56 Å². The maximum Gasteiger partial charge on any atom is 0.267 e. The van der Waals surface area contributed by atoms with E-state index in [0.717, 1.165) is 59.4 Å². The van der Waals surface area contributed by atoms with E-state index in [2.05, 4.69) is 20.4 Å². The summed E-state index contributed by atoms with van der Waals surface area (Å²) in [5.41, 5.74) is 3.34. The number of hydrogen-bond acceptors (Lipinski definition) is 6. The number of hydrogen-bond donors (Lipinski definition) is 0. The van der Waals surface area contributed by atoms with Gasteiger partial charge in [-0.1, -0.05) is 0 Å². The lowest BCUT2D eigenvalue weighted by Gasteiger charge is -2.25. The number of thioether (sulfide) groups is 1. The Morgan fingerprint density at radius 2 is 2.35 bits per heavy atom. The monoisotopic (exact) mass is 348 g/mol. The molecule has 0 N–H and O–H groups in total. The fourth-order valence-corrected chi connectivity index (χ4v) is 5.19. The first kappa shape index (κ1) is 15.2. The van der Waals surface area contributed by atoms with E-state index in [4.69, 9.17) is 0 Å². The second-order valence-electron chi connectivity index (χ2n) is 6.20. The Hall–Kier alpha value is -1.34. The molecule has 2 aromatic heterocycles. The van der Waals surface area contributed by atoms with Crippen LogP contribution in [-0.2, 0) is 18.7 Å². The summed E-state index contributed by atoms with van der Waals surface area (Å²) in [5.74, 6) is 2.03. The van der Waals surface area contributed by atoms with E-state index in [1.807, 2.05) is 18.7 Å². The van der Waals surface area contributed by atoms with Gasteiger partial charge in [0, 0.05) is 30.2 Å². The van der Waals surface area contributed by atoms with Gasteiger partial charge in [0.15, 0.2) is 5.13 Å². The van der Waals surface area contributed by atoms with Crippen LogP contribution in [0.5, 0.6) is 0 Å². The van der Waals surface area contributed by atoms with Crippen LogP contribution in [0, 0.1) is 6.92 Å². The average molecular weight is 348 g/mol. The summed E-state index contributed by atoms with van der Waals surface area (Å²) in [6.07, 6.45) is 3.22. The van der Waals surface area contributed by atoms with E-state index >= 15 is 0 Å². The molecule has 2 aromatic rings. The van der Waals surface area contributed by atoms with E-state index in [1.165, 1.54) is 0 Å². The van der Waals surface area contributed by atoms with Crippen LogP contribution in [0.15, 0.2) is 16.2 Å². The van der Waals surface area contributed by atoms with Crippen LogP contribution in [0.3, 0.4) is 0 Å². The molecular formula is C16H20N4OS2. The minimum absolute atomic E-state index is 0.0356. The van der Waals surface area contributed by atoms with Crippen molar-refractivity contribution in [3.8, 4) is 0 Å². The van der Waals surface area contributed by atoms with Crippen LogP contribution >= 0.6 is 23.1 Å². The van der Waals surface area contributed by atoms with Crippen molar-refractivity contribution in [2.45, 2.75) is 44.5 Å². The normalized spacial score (nSPS) is 20.7. The van der Waals surface area contributed by atoms with Crippen molar-refractivity contribution in [1.82, 2.24) is 14.8 Å². The fraction of sp³-hybridized carbons (Fsp3) is 0.562. The Morgan fingerprint density at radius 1 is 1.43 bits per heavy atom. The molecule has 7 heteroatoms. The number of thiazole rings is 1. The lowest BCUT2D eigenvalue weighted by Crippen LogP contribution is -2.37. The van der Waals surface area contributed by atoms with Crippen LogP contribution in [0.25, 0.3) is 0 Å². The van der Waals surface area contributed by atoms with Crippen molar-refractivity contribution in [3.05, 3.63) is 38.8 Å². The summed E-state index contributed by atoms with van der Waals surface area (Å²) >= 11 is 3.57. The zero-order valence-electron chi connectivity index (χ0n) is 13.2. The van der Waals surface area contributed by atoms with Crippen molar-refractivity contribution in [1.29, 1.82) is 0 Å². The predicted molar refractivity (Wildman–Crippen MR) is 95.6 cm³/mol. The molecule has 122 valence electrons. The molecule has 1 atom stereocenters. The van der Waals surface area contributed by atoms with Gasteiger partial charge in [-0.05, 0) is 31.1 Å². The Labute approximate surface area is 143 Å². The molecule has 23 heavy (non-hydrogen) atoms. The van der Waals surface area contributed by atoms with Crippen LogP contribution in [0.2, 0.25) is 0 Å². The second-order valence-corrected chi connectivity index (χ2v) is 8.14. The third-order valence-corrected chi connectivity index (χ3v) is 6.52. The van der Waals surface area contributed by atoms with Gasteiger partial charge < -0.3 is 4.90 Å². The summed E-state index contributed by atoms with van der Waals surface area (Å²) in [6.45, 7) is 3.71. The quantitative estimate of drug-likeness (QED) is 0.853. The molecule has 2 aliphatic rings. The van der Waals surface area contributed by atoms with Crippen LogP contribution < -0.4 is 10.5 Å². The number of nitrogens with zero attached hydrogens (tertiary/aromatic N) is 4. The number of aromatic nitrogens is 3. The first-order chi connectivity index (χ1) is 11.2. The molecule has 0 saturated carbocycles. The lowest BCUT2D eigenvalue weighted by molar-refractivity contribution is 0.481. The zero-order chi connectivity index (χ0) is 15.8. The molecule has 1 saturated heterocycles. The number of aryl methyl sites for hydroxylation is 2. The summed E-state index contributed by atoms with van der Waals surface area (Å²) in [4.78, 5) is 19.3. The topological polar surface area (TPSA) is 51.0 Å². The van der Waals surface area contributed by atoms with Gasteiger partial charge in [-0.2, -0.15) is 16.9 Å². The van der Waals surface area contributed by atoms with Gasteiger partial charge in [-0.25, -0.2) is 9.67 Å². The average Bonchev–Trinajstić information content (AvgIpc) is 3.16. The van der Waals surface area contributed by atoms with Crippen LogP contribution in [-0.4, -0.2) is 33.1 Å². The van der Waals surface area contributed by atoms with Gasteiger partial charge in [0.1, 0.15) is 0 Å². The SMILES string of the molecule is Cc1csc(N2CCCC2Cn2nc3c(cc2=O)CSCC3)n1. The summed E-state index contributed by atoms with van der Waals surface area (Å²) in [7, 11) is 0. The summed E-state index contributed by atoms with van der Waals surface area (Å²) in [6, 6.07) is 2.11. The molecule has 4 heterocycles. The molecule has 1 unspecified atom stereocenters. The van der Waals surface area contributed by atoms with Crippen molar-refractivity contribution in [2.24, 2.45) is 0 Å². The third-order valence-electron chi connectivity index (χ3n) is 4.52. The van der Waals surface area contributed by atoms with Crippen molar-refractivity contribution >= 4 is 28.2 Å². The van der Waals surface area contributed by atoms with E-state index in [-0.39, 0.29) is 5.56 Å². The predicted octanol–water partition coefficient (Wildman–Crippen LogP) is 2.47. The standard InChI is InChI=1S/C16H20N4OS2/c1-11-9-23-16(17-11)19-5-2-3-13(19)8-20-15(21)7-12-10-22-6-4-14(12)18-20/h7,9,13H,2-6,8,10H2,1H3. The highest BCUT2D eigenvalue weighted by atomic mass is 32.2. The molecule has 0 aromatic carbocycles. The zero-order valence-corrected chi connectivity index (χ0v) is 14.8. The highest BCUT2D eigenvalue weighted by Gasteiger charge is 2.28. The molecule has 0 radical (unpaired) electrons. The lowest BCUT2D eigenvalue weighted by atomic mass is 10.2. The number of rotatable bonds is 3. The first-order valence-corrected chi connectivity index (χ1v) is 10.1. The first-order valence-electron chi connectivity index (χ1n) is 8.07. The van der Waals surface area contributed by atoms with Gasteiger partial charge in [0.05, 0.1) is 24.0 Å². The van der Waals surface area contributed by atoms with Gasteiger partial charge in [-0.3, -0.25) is 4.79 Å². The van der Waals surface area contributed by atoms with Gasteiger partial charge >= 0.3 is 0 Å².